The van der Waals surface area contributed by atoms with Crippen LogP contribution in [0.1, 0.15) is 350 Å². The molecule has 0 bridgehead atoms. The van der Waals surface area contributed by atoms with Gasteiger partial charge in [-0.05, 0) is 103 Å². The predicted octanol–water partition coefficient (Wildman–Crippen LogP) is 17.8. The molecule has 0 amide bonds. The second-order valence-corrected chi connectivity index (χ2v) is 28.7. The Morgan fingerprint density at radius 3 is 0.336 bits per heavy atom. The molecular weight excluding hydrogens is 1460 g/mol. The van der Waals surface area contributed by atoms with Crippen LogP contribution in [-0.2, 0) is 16.5 Å². The number of rotatable bonds is 48. The maximum absolute atomic E-state index is 8.07. The van der Waals surface area contributed by atoms with Crippen molar-refractivity contribution in [1.29, 1.82) is 31.6 Å². The Morgan fingerprint density at radius 1 is 0.204 bits per heavy atom. The molecule has 4 N–H and O–H groups in total. The molecular formula is C88H160N22NiO2. The fraction of sp³-hybridized carbons (Fsp3) is 0.727. The molecule has 0 spiro atoms. The second kappa shape index (κ2) is 88.4. The molecule has 6 rings (SSSR count). The summed E-state index contributed by atoms with van der Waals surface area (Å²) >= 11 is 0. The molecule has 0 atom stereocenters. The van der Waals surface area contributed by atoms with Crippen molar-refractivity contribution in [1.82, 2.24) is 59.8 Å². The van der Waals surface area contributed by atoms with Gasteiger partial charge >= 0.3 is 16.5 Å². The number of hydrogen-bond donors (Lipinski definition) is 0. The van der Waals surface area contributed by atoms with E-state index in [0.717, 1.165) is 0 Å². The third-order valence-electron chi connectivity index (χ3n) is 19.2. The average molecular weight is 1620 g/mol. The molecule has 113 heavy (non-hydrogen) atoms. The molecule has 0 saturated carbocycles. The Hall–Kier alpha value is -7.55. The summed E-state index contributed by atoms with van der Waals surface area (Å²) in [5.74, 6) is 0. The molecule has 0 aliphatic carbocycles. The van der Waals surface area contributed by atoms with E-state index in [1.54, 1.807) is 0 Å². The van der Waals surface area contributed by atoms with Crippen molar-refractivity contribution < 1.29 is 45.4 Å². The van der Waals surface area contributed by atoms with E-state index >= 15 is 0 Å². The van der Waals surface area contributed by atoms with Crippen LogP contribution < -0.4 is 29.9 Å². The van der Waals surface area contributed by atoms with E-state index in [2.05, 4.69) is 171 Å². The second-order valence-electron chi connectivity index (χ2n) is 28.7. The van der Waals surface area contributed by atoms with Gasteiger partial charge in [0.15, 0.2) is 0 Å². The Bertz CT molecular complexity index is 2390. The van der Waals surface area contributed by atoms with Gasteiger partial charge in [-0.15, -0.1) is 0 Å². The van der Waals surface area contributed by atoms with Crippen LogP contribution in [0.3, 0.4) is 0 Å². The summed E-state index contributed by atoms with van der Waals surface area (Å²) in [4.78, 5) is 42.7. The zero-order chi connectivity index (χ0) is 82.6. The molecule has 6 heterocycles. The first-order valence-corrected chi connectivity index (χ1v) is 42.9. The summed E-state index contributed by atoms with van der Waals surface area (Å²) in [5.41, 5.74) is 2.25. The molecule has 0 fully saturated rings. The van der Waals surface area contributed by atoms with E-state index < -0.39 is 0 Å². The molecule has 0 radical (unpaired) electrons. The summed E-state index contributed by atoms with van der Waals surface area (Å²) in [6, 6.07) is 11.0. The van der Waals surface area contributed by atoms with E-state index in [4.69, 9.17) is 31.6 Å². The summed E-state index contributed by atoms with van der Waals surface area (Å²) < 4.78 is 5.68. The maximum Gasteiger partial charge on any atom is 2.00 e. The number of imidazole rings is 6. The molecule has 0 aliphatic heterocycles. The standard InChI is InChI=1S/4C16H36N.6C4H2N3.Ni.2H2O/c4*1-5-9-13-17(14-10-6-2,15-11-7-3)16-12-8-4;6*5-1-4-2-6-3-7-4;;;/h4*5-16H2,1-4H3;6*2-3H;;2*1H2/q4*+1;6*-1;+2;;. The van der Waals surface area contributed by atoms with Crippen LogP contribution in [0.25, 0.3) is 0 Å². The molecule has 644 valence electrons. The van der Waals surface area contributed by atoms with Crippen molar-refractivity contribution in [2.45, 2.75) is 316 Å². The van der Waals surface area contributed by atoms with Crippen LogP contribution >= 0.6 is 0 Å². The molecule has 0 aromatic carbocycles. The average Bonchev–Trinajstić information content (AvgIpc) is 1.08. The first-order chi connectivity index (χ1) is 53.6. The van der Waals surface area contributed by atoms with Gasteiger partial charge in [-0.3, -0.25) is 0 Å². The van der Waals surface area contributed by atoms with Crippen molar-refractivity contribution in [3.63, 3.8) is 0 Å². The summed E-state index contributed by atoms with van der Waals surface area (Å²) in [6.45, 7) is 60.1. The fourth-order valence-electron chi connectivity index (χ4n) is 12.3. The van der Waals surface area contributed by atoms with Gasteiger partial charge in [0, 0.05) is 34.2 Å². The Balaban J connectivity index is -0.000000225. The van der Waals surface area contributed by atoms with E-state index in [1.807, 2.05) is 36.4 Å². The molecule has 0 unspecified atom stereocenters. The maximum atomic E-state index is 8.07. The van der Waals surface area contributed by atoms with Crippen molar-refractivity contribution in [2.75, 3.05) is 105 Å². The quantitative estimate of drug-likeness (QED) is 0.0253. The van der Waals surface area contributed by atoms with Gasteiger partial charge in [0.1, 0.15) is 0 Å². The summed E-state index contributed by atoms with van der Waals surface area (Å²) in [6.07, 6.45) is 60.8. The number of aromatic nitrogens is 12. The summed E-state index contributed by atoms with van der Waals surface area (Å²) in [5, 5.41) is 48.4. The van der Waals surface area contributed by atoms with E-state index in [1.165, 1.54) is 403 Å². The van der Waals surface area contributed by atoms with Crippen molar-refractivity contribution in [3.05, 3.63) is 109 Å². The first kappa shape index (κ1) is 119. The third-order valence-corrected chi connectivity index (χ3v) is 19.2. The van der Waals surface area contributed by atoms with Gasteiger partial charge in [0.2, 0.25) is 0 Å². The van der Waals surface area contributed by atoms with Crippen LogP contribution in [0.5, 0.6) is 0 Å². The van der Waals surface area contributed by atoms with Crippen LogP contribution in [0.2, 0.25) is 0 Å². The zero-order valence-electron chi connectivity index (χ0n) is 74.0. The van der Waals surface area contributed by atoms with Gasteiger partial charge in [0.05, 0.1) is 141 Å². The largest absolute Gasteiger partial charge is 2.00 e. The van der Waals surface area contributed by atoms with Crippen molar-refractivity contribution >= 4 is 0 Å². The predicted molar refractivity (Wildman–Crippen MR) is 458 cm³/mol. The minimum Gasteiger partial charge on any atom is -0.449 e. The molecule has 0 aliphatic rings. The molecule has 6 aromatic rings. The van der Waals surface area contributed by atoms with Gasteiger partial charge in [-0.25, -0.2) is 0 Å². The Kier molecular flexibility index (Phi) is 92.9. The zero-order valence-corrected chi connectivity index (χ0v) is 75.0. The number of nitrogens with zero attached hydrogens (tertiary/aromatic N) is 22. The van der Waals surface area contributed by atoms with Crippen LogP contribution in [0.4, 0.5) is 0 Å². The van der Waals surface area contributed by atoms with Crippen LogP contribution in [0.15, 0.2) is 75.1 Å². The monoisotopic (exact) mass is 1620 g/mol. The number of quaternary nitrogens is 4. The van der Waals surface area contributed by atoms with E-state index in [-0.39, 0.29) is 27.4 Å². The SMILES string of the molecule is CCCC[N+](CCCC)(CCCC)CCCC.CCCC[N+](CCCC)(CCCC)CCCC.CCCC[N+](CCCC)(CCCC)CCCC.CCCC[N+](CCCC)(CCCC)CCCC.N#Cc1cnc[n-]1.N#Cc1cnc[n-]1.N#Cc1cnc[n-]1.N#Cc1cnc[n-]1.N#Cc1cnc[n-]1.N#Cc1cnc[n-]1.O.O.[Ni+2]. The number of nitriles is 6. The number of unbranched alkanes of at least 4 members (excludes halogenated alkanes) is 16. The van der Waals surface area contributed by atoms with Crippen molar-refractivity contribution in [2.24, 2.45) is 0 Å². The molecule has 6 aromatic heterocycles. The minimum atomic E-state index is 0. The van der Waals surface area contributed by atoms with Gasteiger partial charge < -0.3 is 88.7 Å². The van der Waals surface area contributed by atoms with Gasteiger partial charge in [-0.1, -0.05) is 289 Å². The van der Waals surface area contributed by atoms with Crippen LogP contribution in [0, 0.1) is 68.0 Å². The Morgan fingerprint density at radius 2 is 0.292 bits per heavy atom. The normalized spacial score (nSPS) is 10.1. The number of hydrogen-bond acceptors (Lipinski definition) is 12. The summed E-state index contributed by atoms with van der Waals surface area (Å²) in [7, 11) is 0. The van der Waals surface area contributed by atoms with Crippen LogP contribution in [-0.4, -0.2) is 164 Å². The minimum absolute atomic E-state index is 0. The first-order valence-electron chi connectivity index (χ1n) is 42.9. The third kappa shape index (κ3) is 68.6. The smallest absolute Gasteiger partial charge is 0.449 e. The Labute approximate surface area is 699 Å². The fourth-order valence-corrected chi connectivity index (χ4v) is 12.3. The van der Waals surface area contributed by atoms with Gasteiger partial charge in [-0.2, -0.15) is 31.6 Å². The van der Waals surface area contributed by atoms with Crippen molar-refractivity contribution in [3.8, 4) is 36.4 Å². The molecule has 0 saturated heterocycles. The van der Waals surface area contributed by atoms with E-state index in [0.29, 0.717) is 34.2 Å². The van der Waals surface area contributed by atoms with Gasteiger partial charge in [0.25, 0.3) is 0 Å². The molecule has 25 heteroatoms. The molecule has 24 nitrogen and oxygen atoms in total. The topological polar surface area (TPSA) is 368 Å². The van der Waals surface area contributed by atoms with E-state index in [9.17, 15) is 0 Å².